The van der Waals surface area contributed by atoms with Crippen molar-refractivity contribution >= 4 is 22.6 Å². The van der Waals surface area contributed by atoms with Crippen molar-refractivity contribution in [2.45, 2.75) is 40.5 Å². The highest BCUT2D eigenvalue weighted by atomic mass is 16.1. The molecule has 1 atom stereocenters. The summed E-state index contributed by atoms with van der Waals surface area (Å²) < 4.78 is 1.96. The number of anilines is 1. The number of para-hydroxylation sites is 1. The summed E-state index contributed by atoms with van der Waals surface area (Å²) in [6.07, 6.45) is 1.84. The number of carbonyl (C=O) groups is 1. The van der Waals surface area contributed by atoms with Gasteiger partial charge in [0.05, 0.1) is 28.4 Å². The zero-order chi connectivity index (χ0) is 23.4. The minimum Gasteiger partial charge on any atom is -0.355 e. The molecule has 1 aromatic carbocycles. The lowest BCUT2D eigenvalue weighted by Crippen LogP contribution is -2.45. The van der Waals surface area contributed by atoms with Crippen LogP contribution in [0.25, 0.3) is 16.6 Å². The average molecular weight is 450 g/mol. The molecule has 33 heavy (non-hydrogen) atoms. The van der Waals surface area contributed by atoms with Crippen LogP contribution in [0.3, 0.4) is 0 Å². The fourth-order valence-electron chi connectivity index (χ4n) is 4.75. The summed E-state index contributed by atoms with van der Waals surface area (Å²) in [5.41, 5.74) is 3.79. The third kappa shape index (κ3) is 4.85. The Morgan fingerprint density at radius 2 is 1.91 bits per heavy atom. The Kier molecular flexibility index (Phi) is 7.23. The number of aromatic nitrogens is 4. The van der Waals surface area contributed by atoms with Gasteiger partial charge in [-0.3, -0.25) is 4.79 Å². The molecule has 1 saturated heterocycles. The van der Waals surface area contributed by atoms with E-state index in [-0.39, 0.29) is 11.8 Å². The van der Waals surface area contributed by atoms with Crippen LogP contribution in [-0.4, -0.2) is 70.1 Å². The standard InChI is InChI=1S/C25H35N7O/c1-5-30(6-2)16-14-26-25(33)20-11-10-15-31(17-20)24-23-22(18(3)27-28-24)19(4)32(29-23)21-12-8-7-9-13-21/h7-9,12-13,20H,5-6,10-11,14-17H2,1-4H3,(H,26,33)/t20-/m1/s1. The summed E-state index contributed by atoms with van der Waals surface area (Å²) in [6.45, 7) is 13.4. The first kappa shape index (κ1) is 23.2. The van der Waals surface area contributed by atoms with Gasteiger partial charge in [-0.2, -0.15) is 10.2 Å². The second-order valence-electron chi connectivity index (χ2n) is 8.77. The fourth-order valence-corrected chi connectivity index (χ4v) is 4.75. The maximum atomic E-state index is 12.9. The Balaban J connectivity index is 1.55. The number of hydrogen-bond donors (Lipinski definition) is 1. The van der Waals surface area contributed by atoms with Gasteiger partial charge in [0.2, 0.25) is 5.91 Å². The van der Waals surface area contributed by atoms with Gasteiger partial charge < -0.3 is 15.1 Å². The van der Waals surface area contributed by atoms with E-state index in [2.05, 4.69) is 46.1 Å². The SMILES string of the molecule is CCN(CC)CCNC(=O)[C@@H]1CCCN(c2nnc(C)c3c(C)n(-c4ccccc4)nc23)C1. The van der Waals surface area contributed by atoms with Crippen molar-refractivity contribution in [3.8, 4) is 5.69 Å². The summed E-state index contributed by atoms with van der Waals surface area (Å²) in [6, 6.07) is 10.1. The van der Waals surface area contributed by atoms with Gasteiger partial charge in [0, 0.05) is 26.2 Å². The Bertz CT molecular complexity index is 1090. The molecule has 8 nitrogen and oxygen atoms in total. The number of likely N-dealkylation sites (N-methyl/N-ethyl adjacent to an activating group) is 1. The van der Waals surface area contributed by atoms with Gasteiger partial charge in [-0.05, 0) is 51.9 Å². The predicted octanol–water partition coefficient (Wildman–Crippen LogP) is 3.11. The molecule has 0 radical (unpaired) electrons. The number of benzene rings is 1. The van der Waals surface area contributed by atoms with Crippen molar-refractivity contribution in [3.05, 3.63) is 41.7 Å². The smallest absolute Gasteiger partial charge is 0.224 e. The second-order valence-corrected chi connectivity index (χ2v) is 8.77. The van der Waals surface area contributed by atoms with Gasteiger partial charge in [-0.1, -0.05) is 32.0 Å². The van der Waals surface area contributed by atoms with Crippen LogP contribution in [0, 0.1) is 19.8 Å². The van der Waals surface area contributed by atoms with Gasteiger partial charge in [-0.25, -0.2) is 4.68 Å². The van der Waals surface area contributed by atoms with E-state index in [1.54, 1.807) is 0 Å². The summed E-state index contributed by atoms with van der Waals surface area (Å²) in [7, 11) is 0. The average Bonchev–Trinajstić information content (AvgIpc) is 3.20. The zero-order valence-corrected chi connectivity index (χ0v) is 20.2. The molecule has 1 aliphatic rings. The highest BCUT2D eigenvalue weighted by Crippen LogP contribution is 2.31. The molecule has 0 bridgehead atoms. The molecule has 176 valence electrons. The van der Waals surface area contributed by atoms with Crippen LogP contribution in [0.4, 0.5) is 5.82 Å². The Morgan fingerprint density at radius 1 is 1.15 bits per heavy atom. The number of hydrogen-bond acceptors (Lipinski definition) is 6. The van der Waals surface area contributed by atoms with E-state index in [0.717, 1.165) is 72.8 Å². The van der Waals surface area contributed by atoms with Gasteiger partial charge in [-0.15, -0.1) is 5.10 Å². The minimum atomic E-state index is -0.0501. The Labute approximate surface area is 196 Å². The van der Waals surface area contributed by atoms with Crippen molar-refractivity contribution < 1.29 is 4.79 Å². The number of nitrogens with one attached hydrogen (secondary N) is 1. The van der Waals surface area contributed by atoms with E-state index in [4.69, 9.17) is 5.10 Å². The first-order chi connectivity index (χ1) is 16.0. The monoisotopic (exact) mass is 449 g/mol. The normalized spacial score (nSPS) is 16.5. The molecule has 3 heterocycles. The first-order valence-corrected chi connectivity index (χ1v) is 12.1. The molecule has 1 N–H and O–H groups in total. The van der Waals surface area contributed by atoms with Crippen molar-refractivity contribution in [2.24, 2.45) is 5.92 Å². The van der Waals surface area contributed by atoms with Crippen LogP contribution in [0.15, 0.2) is 30.3 Å². The fraction of sp³-hybridized carbons (Fsp3) is 0.520. The van der Waals surface area contributed by atoms with Gasteiger partial charge in [0.25, 0.3) is 0 Å². The quantitative estimate of drug-likeness (QED) is 0.569. The molecule has 0 unspecified atom stereocenters. The van der Waals surface area contributed by atoms with Gasteiger partial charge in [0.15, 0.2) is 5.82 Å². The molecule has 1 fully saturated rings. The third-order valence-electron chi connectivity index (χ3n) is 6.70. The van der Waals surface area contributed by atoms with Crippen LogP contribution < -0.4 is 10.2 Å². The van der Waals surface area contributed by atoms with Crippen LogP contribution >= 0.6 is 0 Å². The topological polar surface area (TPSA) is 79.2 Å². The van der Waals surface area contributed by atoms with Crippen molar-refractivity contribution in [3.63, 3.8) is 0 Å². The number of nitrogens with zero attached hydrogens (tertiary/aromatic N) is 6. The van der Waals surface area contributed by atoms with Crippen molar-refractivity contribution in [1.82, 2.24) is 30.2 Å². The lowest BCUT2D eigenvalue weighted by Gasteiger charge is -2.32. The molecule has 2 aromatic heterocycles. The van der Waals surface area contributed by atoms with E-state index >= 15 is 0 Å². The Morgan fingerprint density at radius 3 is 2.64 bits per heavy atom. The molecular formula is C25H35N7O. The summed E-state index contributed by atoms with van der Waals surface area (Å²) >= 11 is 0. The number of aryl methyl sites for hydroxylation is 2. The van der Waals surface area contributed by atoms with E-state index < -0.39 is 0 Å². The van der Waals surface area contributed by atoms with Crippen molar-refractivity contribution in [2.75, 3.05) is 44.2 Å². The number of fused-ring (bicyclic) bond motifs is 1. The number of carbonyl (C=O) groups excluding carboxylic acids is 1. The molecule has 0 spiro atoms. The number of amides is 1. The number of rotatable bonds is 8. The second kappa shape index (κ2) is 10.3. The molecular weight excluding hydrogens is 414 g/mol. The van der Waals surface area contributed by atoms with Crippen LogP contribution in [0.5, 0.6) is 0 Å². The lowest BCUT2D eigenvalue weighted by atomic mass is 9.97. The van der Waals surface area contributed by atoms with Gasteiger partial charge >= 0.3 is 0 Å². The summed E-state index contributed by atoms with van der Waals surface area (Å²) in [5, 5.41) is 18.1. The first-order valence-electron chi connectivity index (χ1n) is 12.1. The molecule has 8 heteroatoms. The number of piperidine rings is 1. The van der Waals surface area contributed by atoms with Crippen molar-refractivity contribution in [1.29, 1.82) is 0 Å². The van der Waals surface area contributed by atoms with E-state index in [0.29, 0.717) is 13.1 Å². The van der Waals surface area contributed by atoms with Crippen LogP contribution in [0.2, 0.25) is 0 Å². The van der Waals surface area contributed by atoms with E-state index in [9.17, 15) is 4.79 Å². The van der Waals surface area contributed by atoms with E-state index in [1.807, 2.05) is 41.9 Å². The highest BCUT2D eigenvalue weighted by molar-refractivity contribution is 5.92. The van der Waals surface area contributed by atoms with Crippen LogP contribution in [0.1, 0.15) is 38.1 Å². The van der Waals surface area contributed by atoms with Gasteiger partial charge in [0.1, 0.15) is 5.52 Å². The zero-order valence-electron chi connectivity index (χ0n) is 20.2. The summed E-state index contributed by atoms with van der Waals surface area (Å²) in [4.78, 5) is 17.4. The molecule has 1 amide bonds. The largest absolute Gasteiger partial charge is 0.355 e. The summed E-state index contributed by atoms with van der Waals surface area (Å²) in [5.74, 6) is 0.856. The Hall–Kier alpha value is -3.00. The third-order valence-corrected chi connectivity index (χ3v) is 6.70. The molecule has 4 rings (SSSR count). The molecule has 1 aliphatic heterocycles. The predicted molar refractivity (Wildman–Crippen MR) is 132 cm³/mol. The highest BCUT2D eigenvalue weighted by Gasteiger charge is 2.29. The molecule has 0 aliphatic carbocycles. The molecule has 0 saturated carbocycles. The van der Waals surface area contributed by atoms with E-state index in [1.165, 1.54) is 0 Å². The maximum Gasteiger partial charge on any atom is 0.224 e. The maximum absolute atomic E-state index is 12.9. The molecule has 3 aromatic rings. The lowest BCUT2D eigenvalue weighted by molar-refractivity contribution is -0.125. The van der Waals surface area contributed by atoms with Crippen LogP contribution in [-0.2, 0) is 4.79 Å². The minimum absolute atomic E-state index is 0.0501.